The molecule has 0 amide bonds. The molecule has 1 unspecified atom stereocenters. The fourth-order valence-corrected chi connectivity index (χ4v) is 1.98. The lowest BCUT2D eigenvalue weighted by Gasteiger charge is -2.30. The number of hydrogen-bond acceptors (Lipinski definition) is 4. The van der Waals surface area contributed by atoms with Crippen LogP contribution in [0.25, 0.3) is 0 Å². The van der Waals surface area contributed by atoms with Crippen LogP contribution in [0.3, 0.4) is 0 Å². The first-order chi connectivity index (χ1) is 8.59. The first-order valence-electron chi connectivity index (χ1n) is 6.84. The predicted molar refractivity (Wildman–Crippen MR) is 74.6 cm³/mol. The van der Waals surface area contributed by atoms with E-state index in [1.807, 2.05) is 6.20 Å². The molecule has 0 bridgehead atoms. The lowest BCUT2D eigenvalue weighted by molar-refractivity contribution is 0.500. The Morgan fingerprint density at radius 3 is 2.72 bits per heavy atom. The zero-order chi connectivity index (χ0) is 13.1. The van der Waals surface area contributed by atoms with Gasteiger partial charge in [-0.15, -0.1) is 0 Å². The summed E-state index contributed by atoms with van der Waals surface area (Å²) in [7, 11) is 2.12. The number of rotatable bonds is 6. The number of nitrogens with one attached hydrogen (secondary N) is 1. The van der Waals surface area contributed by atoms with E-state index in [-0.39, 0.29) is 0 Å². The van der Waals surface area contributed by atoms with Crippen molar-refractivity contribution in [2.45, 2.75) is 52.2 Å². The summed E-state index contributed by atoms with van der Waals surface area (Å²) in [6, 6.07) is 1.19. The van der Waals surface area contributed by atoms with Gasteiger partial charge in [0.15, 0.2) is 0 Å². The van der Waals surface area contributed by atoms with Crippen molar-refractivity contribution in [3.05, 3.63) is 18.1 Å². The molecule has 1 aromatic heterocycles. The third-order valence-electron chi connectivity index (χ3n) is 3.83. The van der Waals surface area contributed by atoms with Gasteiger partial charge in [0, 0.05) is 37.4 Å². The SMILES string of the molecule is CC(C)C(C)N(C)c1ncncc1CNC1CC1. The van der Waals surface area contributed by atoms with Crippen molar-refractivity contribution in [3.8, 4) is 0 Å². The highest BCUT2D eigenvalue weighted by Gasteiger charge is 2.22. The van der Waals surface area contributed by atoms with E-state index in [1.54, 1.807) is 6.33 Å². The number of aromatic nitrogens is 2. The molecule has 100 valence electrons. The van der Waals surface area contributed by atoms with Crippen LogP contribution in [0.4, 0.5) is 5.82 Å². The second kappa shape index (κ2) is 5.65. The lowest BCUT2D eigenvalue weighted by Crippen LogP contribution is -2.35. The molecule has 0 spiro atoms. The Kier molecular flexibility index (Phi) is 4.17. The maximum Gasteiger partial charge on any atom is 0.136 e. The average Bonchev–Trinajstić information content (AvgIpc) is 3.19. The molecule has 1 fully saturated rings. The molecule has 18 heavy (non-hydrogen) atoms. The molecule has 1 aliphatic carbocycles. The van der Waals surface area contributed by atoms with Crippen LogP contribution in [0, 0.1) is 5.92 Å². The van der Waals surface area contributed by atoms with Gasteiger partial charge in [-0.3, -0.25) is 0 Å². The largest absolute Gasteiger partial charge is 0.356 e. The van der Waals surface area contributed by atoms with E-state index >= 15 is 0 Å². The minimum Gasteiger partial charge on any atom is -0.356 e. The van der Waals surface area contributed by atoms with Gasteiger partial charge < -0.3 is 10.2 Å². The Bertz CT molecular complexity index is 387. The van der Waals surface area contributed by atoms with E-state index in [9.17, 15) is 0 Å². The molecule has 0 aromatic carbocycles. The Labute approximate surface area is 110 Å². The van der Waals surface area contributed by atoms with E-state index in [2.05, 4.69) is 48.0 Å². The van der Waals surface area contributed by atoms with Gasteiger partial charge in [-0.2, -0.15) is 0 Å². The summed E-state index contributed by atoms with van der Waals surface area (Å²) < 4.78 is 0. The van der Waals surface area contributed by atoms with Gasteiger partial charge in [0.25, 0.3) is 0 Å². The zero-order valence-electron chi connectivity index (χ0n) is 11.8. The number of hydrogen-bond donors (Lipinski definition) is 1. The molecule has 1 heterocycles. The normalized spacial score (nSPS) is 16.9. The van der Waals surface area contributed by atoms with Gasteiger partial charge in [-0.1, -0.05) is 13.8 Å². The molecule has 1 atom stereocenters. The molecule has 1 aliphatic rings. The van der Waals surface area contributed by atoms with Crippen LogP contribution in [0.5, 0.6) is 0 Å². The topological polar surface area (TPSA) is 41.1 Å². The monoisotopic (exact) mass is 248 g/mol. The first-order valence-corrected chi connectivity index (χ1v) is 6.84. The Morgan fingerprint density at radius 1 is 1.39 bits per heavy atom. The average molecular weight is 248 g/mol. The zero-order valence-corrected chi connectivity index (χ0v) is 11.8. The van der Waals surface area contributed by atoms with E-state index in [4.69, 9.17) is 0 Å². The second-order valence-corrected chi connectivity index (χ2v) is 5.62. The molecule has 1 aromatic rings. The smallest absolute Gasteiger partial charge is 0.136 e. The van der Waals surface area contributed by atoms with Crippen molar-refractivity contribution in [2.24, 2.45) is 5.92 Å². The van der Waals surface area contributed by atoms with E-state index in [0.29, 0.717) is 18.0 Å². The Morgan fingerprint density at radius 2 is 2.11 bits per heavy atom. The van der Waals surface area contributed by atoms with E-state index in [1.165, 1.54) is 18.4 Å². The fraction of sp³-hybridized carbons (Fsp3) is 0.714. The molecule has 4 nitrogen and oxygen atoms in total. The summed E-state index contributed by atoms with van der Waals surface area (Å²) >= 11 is 0. The third-order valence-corrected chi connectivity index (χ3v) is 3.83. The summed E-state index contributed by atoms with van der Waals surface area (Å²) in [5, 5.41) is 3.53. The van der Waals surface area contributed by atoms with Crippen molar-refractivity contribution in [1.82, 2.24) is 15.3 Å². The second-order valence-electron chi connectivity index (χ2n) is 5.62. The van der Waals surface area contributed by atoms with Gasteiger partial charge in [-0.25, -0.2) is 9.97 Å². The standard InChI is InChI=1S/C14H24N4/c1-10(2)11(3)18(4)14-12(7-15-9-17-14)8-16-13-5-6-13/h7,9-11,13,16H,5-6,8H2,1-4H3. The minimum absolute atomic E-state index is 0.472. The summed E-state index contributed by atoms with van der Waals surface area (Å²) in [5.74, 6) is 1.66. The number of nitrogens with zero attached hydrogens (tertiary/aromatic N) is 3. The molecule has 1 N–H and O–H groups in total. The van der Waals surface area contributed by atoms with Gasteiger partial charge in [-0.05, 0) is 25.7 Å². The maximum atomic E-state index is 4.46. The molecule has 4 heteroatoms. The van der Waals surface area contributed by atoms with Gasteiger partial charge in [0.2, 0.25) is 0 Å². The van der Waals surface area contributed by atoms with Crippen LogP contribution >= 0.6 is 0 Å². The van der Waals surface area contributed by atoms with Crippen LogP contribution in [0.1, 0.15) is 39.2 Å². The van der Waals surface area contributed by atoms with E-state index < -0.39 is 0 Å². The number of anilines is 1. The molecular weight excluding hydrogens is 224 g/mol. The van der Waals surface area contributed by atoms with Crippen LogP contribution in [0.2, 0.25) is 0 Å². The van der Waals surface area contributed by atoms with Crippen molar-refractivity contribution in [3.63, 3.8) is 0 Å². The van der Waals surface area contributed by atoms with Crippen molar-refractivity contribution < 1.29 is 0 Å². The van der Waals surface area contributed by atoms with Crippen LogP contribution in [-0.2, 0) is 6.54 Å². The molecular formula is C14H24N4. The minimum atomic E-state index is 0.472. The fourth-order valence-electron chi connectivity index (χ4n) is 1.98. The highest BCUT2D eigenvalue weighted by molar-refractivity contribution is 5.45. The quantitative estimate of drug-likeness (QED) is 0.838. The summed E-state index contributed by atoms with van der Waals surface area (Å²) in [5.41, 5.74) is 1.19. The Hall–Kier alpha value is -1.16. The predicted octanol–water partition coefficient (Wildman–Crippen LogP) is 2.21. The highest BCUT2D eigenvalue weighted by Crippen LogP contribution is 2.23. The first kappa shape index (κ1) is 13.3. The van der Waals surface area contributed by atoms with Crippen molar-refractivity contribution >= 4 is 5.82 Å². The van der Waals surface area contributed by atoms with Crippen LogP contribution < -0.4 is 10.2 Å². The lowest BCUT2D eigenvalue weighted by atomic mass is 10.0. The van der Waals surface area contributed by atoms with Crippen LogP contribution in [0.15, 0.2) is 12.5 Å². The molecule has 0 saturated heterocycles. The third kappa shape index (κ3) is 3.19. The van der Waals surface area contributed by atoms with Crippen LogP contribution in [-0.4, -0.2) is 29.1 Å². The maximum absolute atomic E-state index is 4.46. The summed E-state index contributed by atoms with van der Waals surface area (Å²) in [6.07, 6.45) is 6.18. The van der Waals surface area contributed by atoms with Crippen molar-refractivity contribution in [1.29, 1.82) is 0 Å². The molecule has 0 aliphatic heterocycles. The van der Waals surface area contributed by atoms with Gasteiger partial charge in [0.1, 0.15) is 12.1 Å². The molecule has 0 radical (unpaired) electrons. The summed E-state index contributed by atoms with van der Waals surface area (Å²) in [4.78, 5) is 10.9. The van der Waals surface area contributed by atoms with Gasteiger partial charge in [0.05, 0.1) is 0 Å². The highest BCUT2D eigenvalue weighted by atomic mass is 15.2. The van der Waals surface area contributed by atoms with Crippen molar-refractivity contribution in [2.75, 3.05) is 11.9 Å². The molecule has 2 rings (SSSR count). The van der Waals surface area contributed by atoms with Gasteiger partial charge >= 0.3 is 0 Å². The summed E-state index contributed by atoms with van der Waals surface area (Å²) in [6.45, 7) is 7.59. The molecule has 1 saturated carbocycles. The Balaban J connectivity index is 2.09. The van der Waals surface area contributed by atoms with E-state index in [0.717, 1.165) is 12.4 Å².